The molecule has 0 saturated heterocycles. The first kappa shape index (κ1) is 23.2. The van der Waals surface area contributed by atoms with Crippen LogP contribution in [0.15, 0.2) is 6.26 Å². The number of esters is 1. The summed E-state index contributed by atoms with van der Waals surface area (Å²) in [5.74, 6) is -0.758. The van der Waals surface area contributed by atoms with E-state index in [0.717, 1.165) is 0 Å². The zero-order valence-electron chi connectivity index (χ0n) is 17.7. The minimum Gasteiger partial charge on any atom is -0.501 e. The maximum atomic E-state index is 12.6. The van der Waals surface area contributed by atoms with Gasteiger partial charge in [-0.3, -0.25) is 5.32 Å². The summed E-state index contributed by atoms with van der Waals surface area (Å²) >= 11 is 0. The number of nitrogens with one attached hydrogen (secondary N) is 1. The Labute approximate surface area is 165 Å². The Morgan fingerprint density at radius 3 is 2.14 bits per heavy atom. The Balaban J connectivity index is 3.35. The Bertz CT molecular complexity index is 732. The number of amides is 1. The number of ether oxygens (including phenoxy) is 4. The molecule has 0 aliphatic heterocycles. The van der Waals surface area contributed by atoms with Gasteiger partial charge in [-0.1, -0.05) is 0 Å². The van der Waals surface area contributed by atoms with Gasteiger partial charge in [0.1, 0.15) is 16.9 Å². The van der Waals surface area contributed by atoms with Crippen molar-refractivity contribution in [3.8, 4) is 5.88 Å². The quantitative estimate of drug-likeness (QED) is 0.572. The maximum Gasteiger partial charge on any atom is 0.413 e. The molecule has 0 bridgehead atoms. The van der Waals surface area contributed by atoms with Crippen LogP contribution in [0, 0.1) is 0 Å². The molecule has 28 heavy (non-hydrogen) atoms. The summed E-state index contributed by atoms with van der Waals surface area (Å²) in [5, 5.41) is 2.45. The molecular formula is C19H29N3O6. The van der Waals surface area contributed by atoms with Gasteiger partial charge in [0.05, 0.1) is 20.0 Å². The van der Waals surface area contributed by atoms with Crippen LogP contribution in [0.2, 0.25) is 0 Å². The van der Waals surface area contributed by atoms with Gasteiger partial charge in [0.25, 0.3) is 5.88 Å². The van der Waals surface area contributed by atoms with E-state index in [4.69, 9.17) is 18.9 Å². The lowest BCUT2D eigenvalue weighted by atomic mass is 10.2. The molecule has 0 aromatic carbocycles. The van der Waals surface area contributed by atoms with E-state index in [9.17, 15) is 9.59 Å². The van der Waals surface area contributed by atoms with E-state index < -0.39 is 23.3 Å². The van der Waals surface area contributed by atoms with Crippen LogP contribution < -0.4 is 10.1 Å². The Kier molecular flexibility index (Phi) is 7.78. The molecule has 1 rings (SSSR count). The molecule has 0 saturated carbocycles. The molecule has 0 aliphatic carbocycles. The largest absolute Gasteiger partial charge is 0.501 e. The van der Waals surface area contributed by atoms with E-state index in [-0.39, 0.29) is 23.1 Å². The van der Waals surface area contributed by atoms with E-state index in [0.29, 0.717) is 6.61 Å². The topological polar surface area (TPSA) is 109 Å². The van der Waals surface area contributed by atoms with Crippen LogP contribution in [-0.2, 0) is 14.2 Å². The number of hydrogen-bond donors (Lipinski definition) is 1. The van der Waals surface area contributed by atoms with Crippen LogP contribution in [-0.4, -0.2) is 46.9 Å². The third kappa shape index (κ3) is 7.81. The van der Waals surface area contributed by atoms with Gasteiger partial charge in [-0.15, -0.1) is 0 Å². The van der Waals surface area contributed by atoms with E-state index in [2.05, 4.69) is 15.3 Å². The van der Waals surface area contributed by atoms with Crippen molar-refractivity contribution in [3.63, 3.8) is 0 Å². The predicted molar refractivity (Wildman–Crippen MR) is 104 cm³/mol. The second-order valence-electron chi connectivity index (χ2n) is 7.70. The smallest absolute Gasteiger partial charge is 0.413 e. The average molecular weight is 395 g/mol. The van der Waals surface area contributed by atoms with Gasteiger partial charge in [-0.25, -0.2) is 19.6 Å². The first-order valence-electron chi connectivity index (χ1n) is 8.84. The summed E-state index contributed by atoms with van der Waals surface area (Å²) in [4.78, 5) is 33.1. The highest BCUT2D eigenvalue weighted by Gasteiger charge is 2.26. The number of hydrogen-bond acceptors (Lipinski definition) is 8. The lowest BCUT2D eigenvalue weighted by molar-refractivity contribution is 0.00616. The van der Waals surface area contributed by atoms with Crippen molar-refractivity contribution >= 4 is 24.0 Å². The summed E-state index contributed by atoms with van der Waals surface area (Å²) in [5.41, 5.74) is -1.37. The molecule has 0 unspecified atom stereocenters. The van der Waals surface area contributed by atoms with Crippen molar-refractivity contribution in [2.75, 3.05) is 19.0 Å². The minimum atomic E-state index is -0.757. The van der Waals surface area contributed by atoms with Crippen molar-refractivity contribution in [3.05, 3.63) is 17.6 Å². The Morgan fingerprint density at radius 2 is 1.64 bits per heavy atom. The van der Waals surface area contributed by atoms with E-state index in [1.807, 2.05) is 6.92 Å². The van der Waals surface area contributed by atoms with E-state index in [1.54, 1.807) is 41.5 Å². The Morgan fingerprint density at radius 1 is 1.04 bits per heavy atom. The lowest BCUT2D eigenvalue weighted by Crippen LogP contribution is -2.29. The van der Waals surface area contributed by atoms with Crippen LogP contribution in [0.4, 0.5) is 10.6 Å². The summed E-state index contributed by atoms with van der Waals surface area (Å²) in [6.07, 6.45) is 2.10. The molecule has 9 nitrogen and oxygen atoms in total. The standard InChI is InChI=1S/C19H29N3O6/c1-9-26-11-10-12-13(16(23)27-18(2,3)4)21-14(15(20-12)25-8)22-17(24)28-19(5,6)7/h10-11H,9H2,1-8H3,(H,21,22,24)/b11-10+. The van der Waals surface area contributed by atoms with Gasteiger partial charge < -0.3 is 18.9 Å². The van der Waals surface area contributed by atoms with Crippen LogP contribution in [0.1, 0.15) is 64.6 Å². The van der Waals surface area contributed by atoms with E-state index >= 15 is 0 Å². The van der Waals surface area contributed by atoms with Crippen LogP contribution in [0.5, 0.6) is 5.88 Å². The molecule has 0 aliphatic rings. The molecule has 0 spiro atoms. The van der Waals surface area contributed by atoms with Gasteiger partial charge in [-0.2, -0.15) is 0 Å². The van der Waals surface area contributed by atoms with Crippen molar-refractivity contribution in [2.24, 2.45) is 0 Å². The lowest BCUT2D eigenvalue weighted by Gasteiger charge is -2.21. The van der Waals surface area contributed by atoms with E-state index in [1.165, 1.54) is 19.4 Å². The second-order valence-corrected chi connectivity index (χ2v) is 7.70. The van der Waals surface area contributed by atoms with Gasteiger partial charge in [-0.05, 0) is 48.5 Å². The molecule has 1 aromatic heterocycles. The number of carbonyl (C=O) groups is 2. The first-order chi connectivity index (χ1) is 12.9. The summed E-state index contributed by atoms with van der Waals surface area (Å²) in [7, 11) is 1.37. The average Bonchev–Trinajstić information content (AvgIpc) is 2.52. The molecule has 0 fully saturated rings. The van der Waals surface area contributed by atoms with Crippen molar-refractivity contribution in [2.45, 2.75) is 59.7 Å². The van der Waals surface area contributed by atoms with Crippen molar-refractivity contribution in [1.82, 2.24) is 9.97 Å². The van der Waals surface area contributed by atoms with Crippen molar-refractivity contribution in [1.29, 1.82) is 0 Å². The first-order valence-corrected chi connectivity index (χ1v) is 8.84. The molecule has 1 heterocycles. The molecule has 0 radical (unpaired) electrons. The second kappa shape index (κ2) is 9.38. The summed E-state index contributed by atoms with van der Waals surface area (Å²) in [6.45, 7) is 12.6. The molecule has 1 aromatic rings. The third-order valence-corrected chi connectivity index (χ3v) is 2.78. The zero-order valence-corrected chi connectivity index (χ0v) is 17.7. The van der Waals surface area contributed by atoms with Crippen molar-refractivity contribution < 1.29 is 28.5 Å². The van der Waals surface area contributed by atoms with Gasteiger partial charge >= 0.3 is 12.1 Å². The Hall–Kier alpha value is -2.84. The molecular weight excluding hydrogens is 366 g/mol. The normalized spacial score (nSPS) is 11.9. The fraction of sp³-hybridized carbons (Fsp3) is 0.579. The van der Waals surface area contributed by atoms with Gasteiger partial charge in [0.15, 0.2) is 11.5 Å². The molecule has 1 N–H and O–H groups in total. The van der Waals surface area contributed by atoms with Crippen LogP contribution in [0.25, 0.3) is 6.08 Å². The number of rotatable bonds is 6. The fourth-order valence-corrected chi connectivity index (χ4v) is 1.86. The highest BCUT2D eigenvalue weighted by molar-refractivity contribution is 5.93. The zero-order chi connectivity index (χ0) is 21.5. The number of aromatic nitrogens is 2. The van der Waals surface area contributed by atoms with Gasteiger partial charge in [0.2, 0.25) is 0 Å². The van der Waals surface area contributed by atoms with Crippen LogP contribution in [0.3, 0.4) is 0 Å². The fourth-order valence-electron chi connectivity index (χ4n) is 1.86. The highest BCUT2D eigenvalue weighted by Crippen LogP contribution is 2.24. The highest BCUT2D eigenvalue weighted by atomic mass is 16.6. The molecule has 9 heteroatoms. The monoisotopic (exact) mass is 395 g/mol. The number of carbonyl (C=O) groups excluding carboxylic acids is 2. The third-order valence-electron chi connectivity index (χ3n) is 2.78. The molecule has 0 atom stereocenters. The van der Waals surface area contributed by atoms with Crippen LogP contribution >= 0.6 is 0 Å². The number of anilines is 1. The summed E-state index contributed by atoms with van der Waals surface area (Å²) < 4.78 is 20.9. The minimum absolute atomic E-state index is 0.00863. The summed E-state index contributed by atoms with van der Waals surface area (Å²) in [6, 6.07) is 0. The number of nitrogens with zero attached hydrogens (tertiary/aromatic N) is 2. The molecule has 156 valence electrons. The number of methoxy groups -OCH3 is 1. The van der Waals surface area contributed by atoms with Gasteiger partial charge in [0, 0.05) is 6.08 Å². The SMILES string of the molecule is CCO/C=C/c1nc(OC)c(NC(=O)OC(C)(C)C)nc1C(=O)OC(C)(C)C. The molecule has 1 amide bonds. The maximum absolute atomic E-state index is 12.6. The predicted octanol–water partition coefficient (Wildman–Crippen LogP) is 3.79.